The molecule has 1 aliphatic heterocycles. The van der Waals surface area contributed by atoms with Gasteiger partial charge in [0.2, 0.25) is 17.7 Å². The van der Waals surface area contributed by atoms with Crippen molar-refractivity contribution in [2.45, 2.75) is 19.1 Å². The van der Waals surface area contributed by atoms with Crippen LogP contribution in [0.25, 0.3) is 22.4 Å². The first-order valence-corrected chi connectivity index (χ1v) is 11.6. The van der Waals surface area contributed by atoms with E-state index in [1.54, 1.807) is 9.58 Å². The summed E-state index contributed by atoms with van der Waals surface area (Å²) in [5.74, 6) is -2.14. The number of nitrogens with two attached hydrogens (primary N) is 1. The molecule has 4 heterocycles. The van der Waals surface area contributed by atoms with Crippen LogP contribution in [-0.4, -0.2) is 57.9 Å². The Balaban J connectivity index is 1.61. The van der Waals surface area contributed by atoms with Crippen LogP contribution < -0.4 is 19.9 Å². The van der Waals surface area contributed by atoms with Crippen LogP contribution in [0.15, 0.2) is 41.8 Å². The van der Waals surface area contributed by atoms with E-state index in [0.717, 1.165) is 6.07 Å². The molecular formula is C25H24F2N6O5. The molecule has 38 heavy (non-hydrogen) atoms. The molecule has 1 fully saturated rings. The normalized spacial score (nSPS) is 15.2. The molecule has 1 atom stereocenters. The first-order chi connectivity index (χ1) is 18.4. The molecule has 13 heteroatoms. The summed E-state index contributed by atoms with van der Waals surface area (Å²) in [7, 11) is 2.52. The number of oxazole rings is 1. The van der Waals surface area contributed by atoms with E-state index in [2.05, 4.69) is 21.6 Å². The maximum Gasteiger partial charge on any atom is 0.246 e. The number of hydrogen-bond donors (Lipinski definition) is 1. The van der Waals surface area contributed by atoms with Crippen molar-refractivity contribution in [1.29, 1.82) is 0 Å². The predicted octanol–water partition coefficient (Wildman–Crippen LogP) is 3.50. The topological polar surface area (TPSA) is 131 Å². The summed E-state index contributed by atoms with van der Waals surface area (Å²) in [6.45, 7) is 3.84. The smallest absolute Gasteiger partial charge is 0.246 e. The Morgan fingerprint density at radius 3 is 2.63 bits per heavy atom. The summed E-state index contributed by atoms with van der Waals surface area (Å²) in [4.78, 5) is 22.3. The molecule has 11 nitrogen and oxygen atoms in total. The number of carbonyl (C=O) groups is 1. The van der Waals surface area contributed by atoms with E-state index in [1.165, 1.54) is 39.0 Å². The summed E-state index contributed by atoms with van der Waals surface area (Å²) in [6.07, 6.45) is 6.23. The number of rotatable bonds is 8. The maximum atomic E-state index is 15.0. The van der Waals surface area contributed by atoms with E-state index in [-0.39, 0.29) is 41.0 Å². The van der Waals surface area contributed by atoms with Crippen molar-refractivity contribution in [2.75, 3.05) is 33.0 Å². The van der Waals surface area contributed by atoms with Crippen LogP contribution in [0.5, 0.6) is 17.4 Å². The number of anilines is 1. The van der Waals surface area contributed by atoms with E-state index >= 15 is 0 Å². The molecule has 1 aliphatic rings. The van der Waals surface area contributed by atoms with Crippen molar-refractivity contribution < 1.29 is 32.2 Å². The lowest BCUT2D eigenvalue weighted by molar-refractivity contribution is -0.125. The van der Waals surface area contributed by atoms with E-state index in [4.69, 9.17) is 24.4 Å². The lowest BCUT2D eigenvalue weighted by Crippen LogP contribution is -2.27. The number of halogens is 2. The number of fused-ring (bicyclic) bond motifs is 1. The molecule has 5 rings (SSSR count). The maximum absolute atomic E-state index is 15.0. The van der Waals surface area contributed by atoms with Gasteiger partial charge in [-0.2, -0.15) is 0 Å². The summed E-state index contributed by atoms with van der Waals surface area (Å²) < 4.78 is 53.0. The van der Waals surface area contributed by atoms with Crippen molar-refractivity contribution in [2.24, 2.45) is 0 Å². The van der Waals surface area contributed by atoms with Crippen LogP contribution in [0.4, 0.5) is 14.6 Å². The highest BCUT2D eigenvalue weighted by atomic mass is 19.1. The molecule has 1 amide bonds. The van der Waals surface area contributed by atoms with Gasteiger partial charge in [-0.15, -0.1) is 5.10 Å². The second kappa shape index (κ2) is 10.00. The number of aromatic nitrogens is 4. The zero-order valence-corrected chi connectivity index (χ0v) is 20.6. The lowest BCUT2D eigenvalue weighted by atomic mass is 10.1. The number of ether oxygens (including phenoxy) is 3. The van der Waals surface area contributed by atoms with E-state index in [1.807, 2.05) is 0 Å². The fourth-order valence-corrected chi connectivity index (χ4v) is 4.52. The Bertz CT molecular complexity index is 1490. The molecule has 0 radical (unpaired) electrons. The number of methoxy groups -OCH3 is 2. The van der Waals surface area contributed by atoms with Crippen LogP contribution in [0, 0.1) is 11.6 Å². The molecular weight excluding hydrogens is 502 g/mol. The summed E-state index contributed by atoms with van der Waals surface area (Å²) in [6, 6.07) is 0.846. The molecule has 0 bridgehead atoms. The van der Waals surface area contributed by atoms with Gasteiger partial charge < -0.3 is 29.3 Å². The molecule has 4 aromatic rings. The number of pyridine rings is 1. The van der Waals surface area contributed by atoms with Gasteiger partial charge >= 0.3 is 0 Å². The SMILES string of the molecule is C=CC(=O)N1CCC(n2nc(OCc3c(F)c(OC)cc(OC)c3F)c3c(N)ncc(-c4ncco4)c32)C1. The highest BCUT2D eigenvalue weighted by Gasteiger charge is 2.32. The number of carbonyl (C=O) groups excluding carboxylic acids is 1. The predicted molar refractivity (Wildman–Crippen MR) is 132 cm³/mol. The van der Waals surface area contributed by atoms with Gasteiger partial charge in [0.05, 0.1) is 43.1 Å². The van der Waals surface area contributed by atoms with E-state index < -0.39 is 23.8 Å². The summed E-state index contributed by atoms with van der Waals surface area (Å²) in [5.41, 5.74) is 6.81. The molecule has 198 valence electrons. The van der Waals surface area contributed by atoms with Crippen LogP contribution in [-0.2, 0) is 11.4 Å². The first-order valence-electron chi connectivity index (χ1n) is 11.6. The van der Waals surface area contributed by atoms with Crippen molar-refractivity contribution in [3.05, 3.63) is 54.6 Å². The Hall–Kier alpha value is -4.68. The average molecular weight is 527 g/mol. The molecule has 1 aromatic carbocycles. The third kappa shape index (κ3) is 4.15. The van der Waals surface area contributed by atoms with Gasteiger partial charge in [0.1, 0.15) is 24.1 Å². The third-order valence-corrected chi connectivity index (χ3v) is 6.40. The number of likely N-dealkylation sites (tertiary alicyclic amines) is 1. The van der Waals surface area contributed by atoms with E-state index in [9.17, 15) is 13.6 Å². The van der Waals surface area contributed by atoms with Gasteiger partial charge in [-0.25, -0.2) is 18.7 Å². The average Bonchev–Trinajstić information content (AvgIpc) is 3.69. The number of hydrogen-bond acceptors (Lipinski definition) is 9. The molecule has 0 spiro atoms. The molecule has 2 N–H and O–H groups in total. The van der Waals surface area contributed by atoms with Crippen LogP contribution in [0.3, 0.4) is 0 Å². The van der Waals surface area contributed by atoms with Crippen LogP contribution >= 0.6 is 0 Å². The van der Waals surface area contributed by atoms with Crippen LogP contribution in [0.2, 0.25) is 0 Å². The zero-order chi connectivity index (χ0) is 27.0. The Morgan fingerprint density at radius 1 is 1.26 bits per heavy atom. The Kier molecular flexibility index (Phi) is 6.57. The monoisotopic (exact) mass is 526 g/mol. The molecule has 1 saturated heterocycles. The number of benzene rings is 1. The van der Waals surface area contributed by atoms with Gasteiger partial charge in [0.25, 0.3) is 0 Å². The van der Waals surface area contributed by atoms with Crippen molar-refractivity contribution in [1.82, 2.24) is 24.6 Å². The van der Waals surface area contributed by atoms with Crippen molar-refractivity contribution in [3.8, 4) is 28.8 Å². The van der Waals surface area contributed by atoms with Gasteiger partial charge in [0.15, 0.2) is 23.1 Å². The number of nitrogen functional groups attached to an aromatic ring is 1. The Labute approximate surface area is 215 Å². The van der Waals surface area contributed by atoms with Crippen LogP contribution in [0.1, 0.15) is 18.0 Å². The van der Waals surface area contributed by atoms with Gasteiger partial charge in [-0.1, -0.05) is 6.58 Å². The molecule has 1 unspecified atom stereocenters. The summed E-state index contributed by atoms with van der Waals surface area (Å²) >= 11 is 0. The zero-order valence-electron chi connectivity index (χ0n) is 20.6. The summed E-state index contributed by atoms with van der Waals surface area (Å²) in [5, 5.41) is 4.93. The molecule has 0 aliphatic carbocycles. The lowest BCUT2D eigenvalue weighted by Gasteiger charge is -2.15. The van der Waals surface area contributed by atoms with Gasteiger partial charge in [-0.3, -0.25) is 9.48 Å². The second-order valence-electron chi connectivity index (χ2n) is 8.47. The minimum absolute atomic E-state index is 0.00695. The quantitative estimate of drug-likeness (QED) is 0.343. The standard InChI is InChI=1S/C25H24F2N6O5/c1-4-18(34)32-7-5-13(11-32)33-22-14(24-29-6-8-37-24)10-30-23(28)19(22)25(31-33)38-12-15-20(26)16(35-2)9-17(36-3)21(15)27/h4,6,8-10,13H,1,5,7,11-12H2,2-3H3,(H2,28,30). The van der Waals surface area contributed by atoms with Crippen molar-refractivity contribution >= 4 is 22.6 Å². The fraction of sp³-hybridized carbons (Fsp3) is 0.280. The largest absolute Gasteiger partial charge is 0.494 e. The van der Waals surface area contributed by atoms with Crippen molar-refractivity contribution in [3.63, 3.8) is 0 Å². The van der Waals surface area contributed by atoms with Gasteiger partial charge in [-0.05, 0) is 12.5 Å². The van der Waals surface area contributed by atoms with E-state index in [0.29, 0.717) is 36.0 Å². The minimum atomic E-state index is -0.935. The first kappa shape index (κ1) is 25.0. The number of nitrogens with zero attached hydrogens (tertiary/aromatic N) is 5. The fourth-order valence-electron chi connectivity index (χ4n) is 4.52. The second-order valence-corrected chi connectivity index (χ2v) is 8.47. The molecule has 0 saturated carbocycles. The molecule has 3 aromatic heterocycles. The highest BCUT2D eigenvalue weighted by Crippen LogP contribution is 2.40. The number of amides is 1. The highest BCUT2D eigenvalue weighted by molar-refractivity contribution is 6.01. The minimum Gasteiger partial charge on any atom is -0.494 e. The third-order valence-electron chi connectivity index (χ3n) is 6.40. The Morgan fingerprint density at radius 2 is 2.00 bits per heavy atom. The van der Waals surface area contributed by atoms with Gasteiger partial charge in [0, 0.05) is 25.4 Å².